The normalized spacial score (nSPS) is 14.1. The van der Waals surface area contributed by atoms with Gasteiger partial charge in [-0.15, -0.1) is 0 Å². The molecule has 2 aromatic carbocycles. The fourth-order valence-corrected chi connectivity index (χ4v) is 3.36. The third-order valence-electron chi connectivity index (χ3n) is 4.80. The van der Waals surface area contributed by atoms with Gasteiger partial charge in [0.15, 0.2) is 0 Å². The van der Waals surface area contributed by atoms with Crippen LogP contribution in [-0.2, 0) is 0 Å². The van der Waals surface area contributed by atoms with E-state index >= 15 is 0 Å². The van der Waals surface area contributed by atoms with E-state index in [0.717, 1.165) is 33.7 Å². The number of fused-ring (bicyclic) bond motifs is 1. The lowest BCUT2D eigenvalue weighted by atomic mass is 10.0. The summed E-state index contributed by atoms with van der Waals surface area (Å²) in [5.41, 5.74) is 3.53. The summed E-state index contributed by atoms with van der Waals surface area (Å²) < 4.78 is 11.2. The molecule has 5 nitrogen and oxygen atoms in total. The minimum absolute atomic E-state index is 0.00279. The highest BCUT2D eigenvalue weighted by Gasteiger charge is 2.33. The summed E-state index contributed by atoms with van der Waals surface area (Å²) in [5, 5.41) is 0.905. The second-order valence-corrected chi connectivity index (χ2v) is 6.96. The van der Waals surface area contributed by atoms with E-state index in [1.807, 2.05) is 67.3 Å². The van der Waals surface area contributed by atoms with Crippen molar-refractivity contribution in [2.24, 2.45) is 0 Å². The van der Waals surface area contributed by atoms with Crippen molar-refractivity contribution in [1.82, 2.24) is 9.88 Å². The Labute approximate surface area is 158 Å². The topological polar surface area (TPSA) is 51.7 Å². The number of likely N-dealkylation sites (tertiary alicyclic amines) is 1. The highest BCUT2D eigenvalue weighted by Crippen LogP contribution is 2.26. The molecule has 1 saturated heterocycles. The van der Waals surface area contributed by atoms with E-state index in [9.17, 15) is 4.79 Å². The maximum absolute atomic E-state index is 13.0. The lowest BCUT2D eigenvalue weighted by Crippen LogP contribution is -2.56. The second kappa shape index (κ2) is 6.91. The van der Waals surface area contributed by atoms with Crippen molar-refractivity contribution < 1.29 is 14.3 Å². The van der Waals surface area contributed by atoms with E-state index in [4.69, 9.17) is 9.47 Å². The number of hydrogen-bond donors (Lipinski definition) is 0. The number of carbonyl (C=O) groups excluding carboxylic acids is 1. The van der Waals surface area contributed by atoms with E-state index in [-0.39, 0.29) is 12.0 Å². The Kier molecular flexibility index (Phi) is 4.44. The molecule has 0 bridgehead atoms. The molecule has 1 aliphatic heterocycles. The number of aromatic nitrogens is 1. The third kappa shape index (κ3) is 3.45. The van der Waals surface area contributed by atoms with Gasteiger partial charge in [-0.1, -0.05) is 17.7 Å². The molecule has 5 heteroatoms. The van der Waals surface area contributed by atoms with Gasteiger partial charge >= 0.3 is 0 Å². The minimum Gasteiger partial charge on any atom is -0.497 e. The number of benzene rings is 2. The molecule has 1 aromatic heterocycles. The lowest BCUT2D eigenvalue weighted by molar-refractivity contribution is 0.0178. The van der Waals surface area contributed by atoms with Crippen LogP contribution in [-0.4, -0.2) is 42.1 Å². The van der Waals surface area contributed by atoms with Gasteiger partial charge in [-0.3, -0.25) is 9.78 Å². The van der Waals surface area contributed by atoms with Crippen LogP contribution in [0.5, 0.6) is 11.5 Å². The lowest BCUT2D eigenvalue weighted by Gasteiger charge is -2.39. The molecule has 0 N–H and O–H groups in total. The zero-order valence-corrected chi connectivity index (χ0v) is 15.7. The third-order valence-corrected chi connectivity index (χ3v) is 4.80. The van der Waals surface area contributed by atoms with Crippen molar-refractivity contribution in [3.8, 4) is 11.5 Å². The van der Waals surface area contributed by atoms with Crippen molar-refractivity contribution in [2.75, 3.05) is 20.2 Å². The first-order chi connectivity index (χ1) is 13.0. The average Bonchev–Trinajstić information content (AvgIpc) is 2.63. The Balaban J connectivity index is 1.49. The number of hydrogen-bond acceptors (Lipinski definition) is 4. The van der Waals surface area contributed by atoms with E-state index in [2.05, 4.69) is 4.98 Å². The summed E-state index contributed by atoms with van der Waals surface area (Å²) in [6, 6.07) is 15.4. The van der Waals surface area contributed by atoms with Gasteiger partial charge in [0.25, 0.3) is 5.91 Å². The predicted molar refractivity (Wildman–Crippen MR) is 105 cm³/mol. The molecule has 3 aromatic rings. The quantitative estimate of drug-likeness (QED) is 0.709. The molecule has 0 aliphatic carbocycles. The summed E-state index contributed by atoms with van der Waals surface area (Å²) in [4.78, 5) is 19.4. The second-order valence-electron chi connectivity index (χ2n) is 6.96. The van der Waals surface area contributed by atoms with Crippen molar-refractivity contribution in [3.63, 3.8) is 0 Å². The largest absolute Gasteiger partial charge is 0.497 e. The van der Waals surface area contributed by atoms with Crippen molar-refractivity contribution in [2.45, 2.75) is 20.0 Å². The standard InChI is InChI=1S/C22H22N2O3/c1-14-7-8-21-19(9-14)20(10-15(2)23-21)22(25)24-12-18(13-24)27-17-6-4-5-16(11-17)26-3/h4-11,18H,12-13H2,1-3H3. The number of carbonyl (C=O) groups is 1. The molecule has 1 fully saturated rings. The van der Waals surface area contributed by atoms with Gasteiger partial charge in [0.05, 0.1) is 31.3 Å². The molecular formula is C22H22N2O3. The fraction of sp³-hybridized carbons (Fsp3) is 0.273. The molecular weight excluding hydrogens is 340 g/mol. The van der Waals surface area contributed by atoms with Crippen LogP contribution in [0, 0.1) is 13.8 Å². The van der Waals surface area contributed by atoms with Crippen LogP contribution in [0.3, 0.4) is 0 Å². The number of amides is 1. The zero-order chi connectivity index (χ0) is 19.0. The fourth-order valence-electron chi connectivity index (χ4n) is 3.36. The van der Waals surface area contributed by atoms with Gasteiger partial charge in [-0.2, -0.15) is 0 Å². The van der Waals surface area contributed by atoms with E-state index in [0.29, 0.717) is 18.7 Å². The highest BCUT2D eigenvalue weighted by molar-refractivity contribution is 6.06. The summed E-state index contributed by atoms with van der Waals surface area (Å²) in [7, 11) is 1.63. The summed E-state index contributed by atoms with van der Waals surface area (Å²) in [6.45, 7) is 5.09. The number of pyridine rings is 1. The molecule has 0 unspecified atom stereocenters. The first-order valence-electron chi connectivity index (χ1n) is 9.01. The maximum atomic E-state index is 13.0. The van der Waals surface area contributed by atoms with E-state index < -0.39 is 0 Å². The number of nitrogens with zero attached hydrogens (tertiary/aromatic N) is 2. The van der Waals surface area contributed by atoms with Crippen molar-refractivity contribution in [1.29, 1.82) is 0 Å². The van der Waals surface area contributed by atoms with E-state index in [1.54, 1.807) is 7.11 Å². The van der Waals surface area contributed by atoms with Crippen molar-refractivity contribution in [3.05, 3.63) is 65.4 Å². The molecule has 1 amide bonds. The van der Waals surface area contributed by atoms with Gasteiger partial charge < -0.3 is 14.4 Å². The van der Waals surface area contributed by atoms with Crippen LogP contribution < -0.4 is 9.47 Å². The van der Waals surface area contributed by atoms with Crippen LogP contribution in [0.1, 0.15) is 21.6 Å². The zero-order valence-electron chi connectivity index (χ0n) is 15.7. The van der Waals surface area contributed by atoms with Gasteiger partial charge in [0.1, 0.15) is 17.6 Å². The first kappa shape index (κ1) is 17.3. The number of rotatable bonds is 4. The number of methoxy groups -OCH3 is 1. The minimum atomic E-state index is -0.00279. The Morgan fingerprint density at radius 3 is 2.63 bits per heavy atom. The summed E-state index contributed by atoms with van der Waals surface area (Å²) in [6.07, 6.45) is -0.00279. The van der Waals surface area contributed by atoms with Crippen LogP contribution in [0.25, 0.3) is 10.9 Å². The van der Waals surface area contributed by atoms with Crippen LogP contribution in [0.2, 0.25) is 0 Å². The SMILES string of the molecule is COc1cccc(OC2CN(C(=O)c3cc(C)nc4ccc(C)cc34)C2)c1. The predicted octanol–water partition coefficient (Wildman–Crippen LogP) is 3.76. The average molecular weight is 362 g/mol. The molecule has 1 aliphatic rings. The molecule has 138 valence electrons. The molecule has 4 rings (SSSR count). The maximum Gasteiger partial charge on any atom is 0.254 e. The molecule has 0 spiro atoms. The Morgan fingerprint density at radius 2 is 1.85 bits per heavy atom. The summed E-state index contributed by atoms with van der Waals surface area (Å²) >= 11 is 0. The Hall–Kier alpha value is -3.08. The molecule has 0 radical (unpaired) electrons. The van der Waals surface area contributed by atoms with Gasteiger partial charge in [0.2, 0.25) is 0 Å². The molecule has 27 heavy (non-hydrogen) atoms. The monoisotopic (exact) mass is 362 g/mol. The van der Waals surface area contributed by atoms with E-state index in [1.165, 1.54) is 0 Å². The van der Waals surface area contributed by atoms with Crippen LogP contribution in [0.4, 0.5) is 0 Å². The summed E-state index contributed by atoms with van der Waals surface area (Å²) in [5.74, 6) is 1.54. The van der Waals surface area contributed by atoms with Gasteiger partial charge in [-0.25, -0.2) is 0 Å². The number of aryl methyl sites for hydroxylation is 2. The molecule has 0 saturated carbocycles. The molecule has 0 atom stereocenters. The van der Waals surface area contributed by atoms with Gasteiger partial charge in [0, 0.05) is 17.1 Å². The van der Waals surface area contributed by atoms with Crippen LogP contribution in [0.15, 0.2) is 48.5 Å². The number of ether oxygens (including phenoxy) is 2. The smallest absolute Gasteiger partial charge is 0.254 e. The van der Waals surface area contributed by atoms with Gasteiger partial charge in [-0.05, 0) is 44.2 Å². The molecule has 2 heterocycles. The Morgan fingerprint density at radius 1 is 1.07 bits per heavy atom. The highest BCUT2D eigenvalue weighted by atomic mass is 16.5. The van der Waals surface area contributed by atoms with Crippen molar-refractivity contribution >= 4 is 16.8 Å². The first-order valence-corrected chi connectivity index (χ1v) is 9.01. The van der Waals surface area contributed by atoms with Crippen LogP contribution >= 0.6 is 0 Å². The Bertz CT molecular complexity index is 1010.